The van der Waals surface area contributed by atoms with Crippen LogP contribution in [-0.2, 0) is 26.2 Å². The van der Waals surface area contributed by atoms with Crippen molar-refractivity contribution in [3.05, 3.63) is 82.9 Å². The monoisotopic (exact) mass is 609 g/mol. The Morgan fingerprint density at radius 3 is 2.07 bits per heavy atom. The average Bonchev–Trinajstić information content (AvgIpc) is 2.96. The number of ether oxygens (including phenoxy) is 2. The number of hydrogen-bond donors (Lipinski definition) is 1. The van der Waals surface area contributed by atoms with Crippen LogP contribution in [0.1, 0.15) is 43.0 Å². The number of benzene rings is 3. The van der Waals surface area contributed by atoms with E-state index in [1.54, 1.807) is 19.1 Å². The van der Waals surface area contributed by atoms with Crippen LogP contribution in [0.15, 0.2) is 65.6 Å². The molecule has 0 aliphatic heterocycles. The summed E-state index contributed by atoms with van der Waals surface area (Å²) in [6, 6.07) is 16.4. The Bertz CT molecular complexity index is 1530. The van der Waals surface area contributed by atoms with E-state index in [2.05, 4.69) is 5.32 Å². The molecule has 0 unspecified atom stereocenters. The topological polar surface area (TPSA) is 105 Å². The van der Waals surface area contributed by atoms with Crippen LogP contribution in [0.4, 0.5) is 5.69 Å². The molecule has 0 aromatic heterocycles. The lowest BCUT2D eigenvalue weighted by Crippen LogP contribution is -2.51. The van der Waals surface area contributed by atoms with Crippen LogP contribution in [0.3, 0.4) is 0 Å². The Kier molecular flexibility index (Phi) is 11.2. The molecule has 0 aliphatic rings. The molecular formula is C33H43N3O6S. The smallest absolute Gasteiger partial charge is 0.264 e. The van der Waals surface area contributed by atoms with Crippen LogP contribution >= 0.6 is 0 Å². The molecule has 3 aromatic carbocycles. The van der Waals surface area contributed by atoms with E-state index in [1.165, 1.54) is 37.3 Å². The SMILES string of the molecule is COc1ccc(S(=O)(=O)N(CC(=O)N(Cc2ccccc2C)[C@@H](C)C(=O)NCC(C)C)c2cc(C)cc(C)c2)cc1OC. The zero-order chi connectivity index (χ0) is 31.9. The molecule has 0 spiro atoms. The molecule has 9 nitrogen and oxygen atoms in total. The minimum absolute atomic E-state index is 0.0645. The molecular weight excluding hydrogens is 566 g/mol. The van der Waals surface area contributed by atoms with E-state index >= 15 is 0 Å². The summed E-state index contributed by atoms with van der Waals surface area (Å²) >= 11 is 0. The summed E-state index contributed by atoms with van der Waals surface area (Å²) < 4.78 is 40.3. The van der Waals surface area contributed by atoms with E-state index in [9.17, 15) is 18.0 Å². The van der Waals surface area contributed by atoms with Crippen LogP contribution < -0.4 is 19.1 Å². The Morgan fingerprint density at radius 1 is 0.860 bits per heavy atom. The van der Waals surface area contributed by atoms with Gasteiger partial charge < -0.3 is 19.7 Å². The van der Waals surface area contributed by atoms with Gasteiger partial charge in [0.05, 0.1) is 24.8 Å². The molecule has 2 amide bonds. The molecule has 0 saturated carbocycles. The number of amides is 2. The van der Waals surface area contributed by atoms with Crippen molar-refractivity contribution in [2.75, 3.05) is 31.6 Å². The van der Waals surface area contributed by atoms with Crippen LogP contribution in [0.25, 0.3) is 0 Å². The fraction of sp³-hybridized carbons (Fsp3) is 0.394. The van der Waals surface area contributed by atoms with Gasteiger partial charge in [0.25, 0.3) is 10.0 Å². The molecule has 0 radical (unpaired) electrons. The number of sulfonamides is 1. The minimum Gasteiger partial charge on any atom is -0.493 e. The maximum absolute atomic E-state index is 14.3. The molecule has 232 valence electrons. The number of carbonyl (C=O) groups is 2. The standard InChI is InChI=1S/C33H43N3O6S/c1-22(2)19-34-33(38)26(6)35(20-27-12-10-9-11-25(27)5)32(37)21-36(28-16-23(3)15-24(4)17-28)43(39,40)29-13-14-30(41-7)31(18-29)42-8/h9-18,22,26H,19-21H2,1-8H3,(H,34,38)/t26-/m0/s1. The summed E-state index contributed by atoms with van der Waals surface area (Å²) in [6.07, 6.45) is 0. The number of rotatable bonds is 13. The van der Waals surface area contributed by atoms with Gasteiger partial charge in [-0.15, -0.1) is 0 Å². The maximum Gasteiger partial charge on any atom is 0.264 e. The molecule has 0 fully saturated rings. The quantitative estimate of drug-likeness (QED) is 0.292. The van der Waals surface area contributed by atoms with Gasteiger partial charge in [-0.05, 0) is 80.1 Å². The third kappa shape index (κ3) is 8.28. The van der Waals surface area contributed by atoms with Crippen molar-refractivity contribution in [1.82, 2.24) is 10.2 Å². The first-order chi connectivity index (χ1) is 20.3. The van der Waals surface area contributed by atoms with Crippen LogP contribution in [-0.4, -0.2) is 58.5 Å². The van der Waals surface area contributed by atoms with Crippen molar-refractivity contribution >= 4 is 27.5 Å². The molecule has 1 atom stereocenters. The number of aryl methyl sites for hydroxylation is 3. The number of carbonyl (C=O) groups excluding carboxylic acids is 2. The highest BCUT2D eigenvalue weighted by Gasteiger charge is 2.33. The second kappa shape index (κ2) is 14.4. The van der Waals surface area contributed by atoms with Gasteiger partial charge in [0.2, 0.25) is 11.8 Å². The van der Waals surface area contributed by atoms with Crippen molar-refractivity contribution in [2.24, 2.45) is 5.92 Å². The molecule has 0 heterocycles. The summed E-state index contributed by atoms with van der Waals surface area (Å²) in [5.41, 5.74) is 3.84. The molecule has 0 aliphatic carbocycles. The molecule has 0 bridgehead atoms. The minimum atomic E-state index is -4.27. The van der Waals surface area contributed by atoms with E-state index in [0.717, 1.165) is 26.6 Å². The maximum atomic E-state index is 14.3. The predicted molar refractivity (Wildman–Crippen MR) is 169 cm³/mol. The van der Waals surface area contributed by atoms with E-state index in [-0.39, 0.29) is 29.0 Å². The number of nitrogens with one attached hydrogen (secondary N) is 1. The fourth-order valence-corrected chi connectivity index (χ4v) is 6.15. The van der Waals surface area contributed by atoms with Crippen molar-refractivity contribution in [3.8, 4) is 11.5 Å². The van der Waals surface area contributed by atoms with Gasteiger partial charge in [0.1, 0.15) is 12.6 Å². The predicted octanol–water partition coefficient (Wildman–Crippen LogP) is 5.01. The lowest BCUT2D eigenvalue weighted by molar-refractivity contribution is -0.139. The van der Waals surface area contributed by atoms with Crippen LogP contribution in [0.2, 0.25) is 0 Å². The van der Waals surface area contributed by atoms with Crippen molar-refractivity contribution in [1.29, 1.82) is 0 Å². The zero-order valence-electron chi connectivity index (χ0n) is 26.3. The summed E-state index contributed by atoms with van der Waals surface area (Å²) in [6.45, 7) is 11.4. The first kappa shape index (κ1) is 33.5. The number of hydrogen-bond acceptors (Lipinski definition) is 6. The third-order valence-electron chi connectivity index (χ3n) is 7.17. The summed E-state index contributed by atoms with van der Waals surface area (Å²) in [5.74, 6) is 0.0198. The zero-order valence-corrected chi connectivity index (χ0v) is 27.1. The van der Waals surface area contributed by atoms with Gasteiger partial charge >= 0.3 is 0 Å². The second-order valence-electron chi connectivity index (χ2n) is 11.1. The van der Waals surface area contributed by atoms with Gasteiger partial charge in [-0.2, -0.15) is 0 Å². The number of nitrogens with zero attached hydrogens (tertiary/aromatic N) is 2. The highest BCUT2D eigenvalue weighted by Crippen LogP contribution is 2.33. The van der Waals surface area contributed by atoms with Gasteiger partial charge in [-0.3, -0.25) is 13.9 Å². The highest BCUT2D eigenvalue weighted by molar-refractivity contribution is 7.92. The summed E-state index contributed by atoms with van der Waals surface area (Å²) in [5, 5.41) is 2.91. The van der Waals surface area contributed by atoms with Gasteiger partial charge in [0, 0.05) is 19.2 Å². The third-order valence-corrected chi connectivity index (χ3v) is 8.94. The Hall–Kier alpha value is -4.05. The number of methoxy groups -OCH3 is 2. The molecule has 43 heavy (non-hydrogen) atoms. The normalized spacial score (nSPS) is 12.0. The van der Waals surface area contributed by atoms with Gasteiger partial charge in [0.15, 0.2) is 11.5 Å². The van der Waals surface area contributed by atoms with Crippen molar-refractivity contribution in [2.45, 2.75) is 59.0 Å². The van der Waals surface area contributed by atoms with Crippen molar-refractivity contribution in [3.63, 3.8) is 0 Å². The van der Waals surface area contributed by atoms with E-state index in [4.69, 9.17) is 9.47 Å². The van der Waals surface area contributed by atoms with Crippen LogP contribution in [0.5, 0.6) is 11.5 Å². The Labute approximate surface area is 255 Å². The lowest BCUT2D eigenvalue weighted by atomic mass is 10.1. The first-order valence-electron chi connectivity index (χ1n) is 14.2. The van der Waals surface area contributed by atoms with Crippen LogP contribution in [0, 0.1) is 26.7 Å². The number of anilines is 1. The summed E-state index contributed by atoms with van der Waals surface area (Å²) in [7, 11) is -1.38. The van der Waals surface area contributed by atoms with Gasteiger partial charge in [-0.1, -0.05) is 44.2 Å². The van der Waals surface area contributed by atoms with E-state index < -0.39 is 28.5 Å². The highest BCUT2D eigenvalue weighted by atomic mass is 32.2. The molecule has 10 heteroatoms. The average molecular weight is 610 g/mol. The van der Waals surface area contributed by atoms with Crippen molar-refractivity contribution < 1.29 is 27.5 Å². The Balaban J connectivity index is 2.10. The molecule has 3 rings (SSSR count). The van der Waals surface area contributed by atoms with E-state index in [1.807, 2.05) is 65.0 Å². The largest absolute Gasteiger partial charge is 0.493 e. The summed E-state index contributed by atoms with van der Waals surface area (Å²) in [4.78, 5) is 28.8. The molecule has 0 saturated heterocycles. The second-order valence-corrected chi connectivity index (χ2v) is 13.0. The lowest BCUT2D eigenvalue weighted by Gasteiger charge is -2.32. The molecule has 3 aromatic rings. The fourth-order valence-electron chi connectivity index (χ4n) is 4.73. The van der Waals surface area contributed by atoms with E-state index in [0.29, 0.717) is 18.0 Å². The first-order valence-corrected chi connectivity index (χ1v) is 15.7. The molecule has 1 N–H and O–H groups in total. The van der Waals surface area contributed by atoms with Gasteiger partial charge in [-0.25, -0.2) is 8.42 Å². The Morgan fingerprint density at radius 2 is 1.49 bits per heavy atom.